The molecule has 2 heterocycles. The van der Waals surface area contributed by atoms with Gasteiger partial charge in [0.2, 0.25) is 0 Å². The number of hydrogen-bond acceptors (Lipinski definition) is 3. The second-order valence-electron chi connectivity index (χ2n) is 6.89. The number of carbonyl (C=O) groups is 1. The molecule has 8 heteroatoms. The molecule has 0 spiro atoms. The molecule has 0 aliphatic heterocycles. The molecule has 0 bridgehead atoms. The number of nitrogens with one attached hydrogen (secondary N) is 1. The molecular weight excluding hydrogens is 410 g/mol. The molecule has 0 radical (unpaired) electrons. The van der Waals surface area contributed by atoms with E-state index in [1.807, 2.05) is 19.1 Å². The van der Waals surface area contributed by atoms with Crippen molar-refractivity contribution in [2.24, 2.45) is 0 Å². The number of nitrogens with zero attached hydrogens (tertiary/aromatic N) is 3. The van der Waals surface area contributed by atoms with E-state index in [2.05, 4.69) is 15.4 Å². The summed E-state index contributed by atoms with van der Waals surface area (Å²) in [7, 11) is 0. The van der Waals surface area contributed by atoms with Crippen LogP contribution in [0.15, 0.2) is 54.7 Å². The fourth-order valence-electron chi connectivity index (χ4n) is 3.11. The number of hydrogen-bond donors (Lipinski definition) is 1. The van der Waals surface area contributed by atoms with E-state index in [1.165, 1.54) is 12.3 Å². The lowest BCUT2D eigenvalue weighted by Crippen LogP contribution is -2.13. The first-order valence-corrected chi connectivity index (χ1v) is 9.53. The third-order valence-corrected chi connectivity index (χ3v) is 5.24. The molecule has 0 fully saturated rings. The van der Waals surface area contributed by atoms with Crippen molar-refractivity contribution < 1.29 is 13.6 Å². The minimum Gasteiger partial charge on any atom is -0.322 e. The molecule has 0 saturated carbocycles. The van der Waals surface area contributed by atoms with Gasteiger partial charge in [-0.05, 0) is 37.6 Å². The molecule has 0 saturated heterocycles. The maximum absolute atomic E-state index is 13.7. The molecule has 30 heavy (non-hydrogen) atoms. The van der Waals surface area contributed by atoms with Gasteiger partial charge in [-0.1, -0.05) is 47.5 Å². The van der Waals surface area contributed by atoms with Gasteiger partial charge in [-0.2, -0.15) is 5.10 Å². The van der Waals surface area contributed by atoms with E-state index in [0.717, 1.165) is 10.1 Å². The number of halogens is 3. The van der Waals surface area contributed by atoms with Crippen molar-refractivity contribution >= 4 is 28.8 Å². The Morgan fingerprint density at radius 2 is 1.87 bits per heavy atom. The number of fused-ring (bicyclic) bond motifs is 1. The van der Waals surface area contributed by atoms with Gasteiger partial charge in [0.1, 0.15) is 11.3 Å². The number of rotatable bonds is 4. The van der Waals surface area contributed by atoms with E-state index in [4.69, 9.17) is 11.6 Å². The van der Waals surface area contributed by atoms with E-state index >= 15 is 0 Å². The lowest BCUT2D eigenvalue weighted by Gasteiger charge is -2.10. The normalized spacial score (nSPS) is 11.3. The van der Waals surface area contributed by atoms with Crippen molar-refractivity contribution in [2.75, 3.05) is 5.32 Å². The largest absolute Gasteiger partial charge is 0.322 e. The maximum atomic E-state index is 13.7. The van der Waals surface area contributed by atoms with Gasteiger partial charge in [0, 0.05) is 16.3 Å². The quantitative estimate of drug-likeness (QED) is 0.445. The Bertz CT molecular complexity index is 1250. The Labute approximate surface area is 176 Å². The minimum atomic E-state index is -2.79. The first kappa shape index (κ1) is 20.0. The van der Waals surface area contributed by atoms with Crippen LogP contribution < -0.4 is 5.32 Å². The van der Waals surface area contributed by atoms with Crippen LogP contribution in [0.1, 0.15) is 33.6 Å². The Kier molecular flexibility index (Phi) is 5.22. The number of aromatic nitrogens is 3. The zero-order chi connectivity index (χ0) is 21.4. The summed E-state index contributed by atoms with van der Waals surface area (Å²) in [4.78, 5) is 17.4. The summed E-state index contributed by atoms with van der Waals surface area (Å²) in [6.45, 7) is 3.71. The number of carbonyl (C=O) groups excluding carboxylic acids is 1. The highest BCUT2D eigenvalue weighted by molar-refractivity contribution is 6.31. The molecule has 4 aromatic rings. The van der Waals surface area contributed by atoms with Gasteiger partial charge < -0.3 is 5.32 Å². The van der Waals surface area contributed by atoms with Crippen molar-refractivity contribution in [1.82, 2.24) is 14.6 Å². The highest BCUT2D eigenvalue weighted by atomic mass is 35.5. The van der Waals surface area contributed by atoms with Gasteiger partial charge in [0.15, 0.2) is 5.65 Å². The van der Waals surface area contributed by atoms with Gasteiger partial charge in [0.05, 0.1) is 11.9 Å². The Morgan fingerprint density at radius 1 is 1.13 bits per heavy atom. The minimum absolute atomic E-state index is 0.0561. The van der Waals surface area contributed by atoms with Crippen LogP contribution in [0.2, 0.25) is 5.02 Å². The summed E-state index contributed by atoms with van der Waals surface area (Å²) in [5, 5.41) is 7.24. The van der Waals surface area contributed by atoms with Gasteiger partial charge in [-0.25, -0.2) is 18.3 Å². The molecule has 4 rings (SSSR count). The third kappa shape index (κ3) is 3.64. The molecular formula is C22H17ClF2N4O. The molecule has 0 aliphatic rings. The summed E-state index contributed by atoms with van der Waals surface area (Å²) in [5.41, 5.74) is 3.07. The van der Waals surface area contributed by atoms with Crippen molar-refractivity contribution in [2.45, 2.75) is 20.3 Å². The summed E-state index contributed by atoms with van der Waals surface area (Å²) < 4.78 is 28.4. The van der Waals surface area contributed by atoms with Crippen LogP contribution in [-0.2, 0) is 0 Å². The molecule has 5 nitrogen and oxygen atoms in total. The van der Waals surface area contributed by atoms with Crippen LogP contribution in [0.3, 0.4) is 0 Å². The van der Waals surface area contributed by atoms with Crippen molar-refractivity contribution in [3.8, 4) is 11.3 Å². The fraction of sp³-hybridized carbons (Fsp3) is 0.136. The van der Waals surface area contributed by atoms with Crippen molar-refractivity contribution in [3.05, 3.63) is 82.1 Å². The van der Waals surface area contributed by atoms with Crippen LogP contribution in [0.5, 0.6) is 0 Å². The van der Waals surface area contributed by atoms with Crippen LogP contribution in [-0.4, -0.2) is 20.5 Å². The monoisotopic (exact) mass is 426 g/mol. The lowest BCUT2D eigenvalue weighted by atomic mass is 10.1. The van der Waals surface area contributed by atoms with E-state index in [-0.39, 0.29) is 16.9 Å². The number of amides is 1. The average Bonchev–Trinajstić information content (AvgIpc) is 3.15. The van der Waals surface area contributed by atoms with Gasteiger partial charge in [-0.3, -0.25) is 4.79 Å². The average molecular weight is 427 g/mol. The van der Waals surface area contributed by atoms with Crippen molar-refractivity contribution in [3.63, 3.8) is 0 Å². The molecule has 0 atom stereocenters. The zero-order valence-electron chi connectivity index (χ0n) is 16.2. The first-order chi connectivity index (χ1) is 14.3. The highest BCUT2D eigenvalue weighted by Gasteiger charge is 2.22. The fourth-order valence-corrected chi connectivity index (χ4v) is 3.28. The number of aryl methyl sites for hydroxylation is 1. The Balaban J connectivity index is 1.81. The summed E-state index contributed by atoms with van der Waals surface area (Å²) in [6.07, 6.45) is -1.55. The summed E-state index contributed by atoms with van der Waals surface area (Å²) >= 11 is 6.11. The topological polar surface area (TPSA) is 59.3 Å². The lowest BCUT2D eigenvalue weighted by molar-refractivity contribution is 0.102. The predicted molar refractivity (Wildman–Crippen MR) is 112 cm³/mol. The van der Waals surface area contributed by atoms with Gasteiger partial charge in [-0.15, -0.1) is 0 Å². The van der Waals surface area contributed by atoms with E-state index < -0.39 is 12.3 Å². The summed E-state index contributed by atoms with van der Waals surface area (Å²) in [5.74, 6) is -0.510. The molecule has 152 valence electrons. The summed E-state index contributed by atoms with van der Waals surface area (Å²) in [6, 6.07) is 13.8. The molecule has 1 N–H and O–H groups in total. The number of benzene rings is 2. The molecule has 2 aromatic heterocycles. The van der Waals surface area contributed by atoms with Crippen molar-refractivity contribution in [1.29, 1.82) is 0 Å². The molecule has 2 aromatic carbocycles. The van der Waals surface area contributed by atoms with E-state index in [0.29, 0.717) is 27.5 Å². The molecule has 0 aliphatic carbocycles. The second kappa shape index (κ2) is 7.84. The number of anilines is 1. The third-order valence-electron chi connectivity index (χ3n) is 4.83. The molecule has 0 unspecified atom stereocenters. The van der Waals surface area contributed by atoms with E-state index in [9.17, 15) is 13.6 Å². The SMILES string of the molecule is Cc1ccc(-c2cc(C(F)F)n3ncc(C(=O)Nc4cccc(Cl)c4C)c3n2)cc1. The maximum Gasteiger partial charge on any atom is 0.280 e. The Morgan fingerprint density at radius 3 is 2.57 bits per heavy atom. The van der Waals surface area contributed by atoms with Crippen LogP contribution >= 0.6 is 11.6 Å². The standard InChI is InChI=1S/C22H17ClF2N4O/c1-12-6-8-14(9-7-12)18-10-19(20(24)25)29-21(27-18)15(11-26-29)22(30)28-17-5-3-4-16(23)13(17)2/h3-11,20H,1-2H3,(H,28,30). The first-order valence-electron chi connectivity index (χ1n) is 9.15. The van der Waals surface area contributed by atoms with Crippen LogP contribution in [0.4, 0.5) is 14.5 Å². The van der Waals surface area contributed by atoms with E-state index in [1.54, 1.807) is 37.3 Å². The van der Waals surface area contributed by atoms with Crippen LogP contribution in [0.25, 0.3) is 16.9 Å². The van der Waals surface area contributed by atoms with Crippen LogP contribution in [0, 0.1) is 13.8 Å². The Hall–Kier alpha value is -3.32. The van der Waals surface area contributed by atoms with Gasteiger partial charge >= 0.3 is 0 Å². The smallest absolute Gasteiger partial charge is 0.280 e. The predicted octanol–water partition coefficient (Wildman–Crippen LogP) is 5.86. The zero-order valence-corrected chi connectivity index (χ0v) is 16.9. The molecule has 1 amide bonds. The highest BCUT2D eigenvalue weighted by Crippen LogP contribution is 2.28. The van der Waals surface area contributed by atoms with Gasteiger partial charge in [0.25, 0.3) is 12.3 Å². The number of alkyl halides is 2. The second-order valence-corrected chi connectivity index (χ2v) is 7.30.